The van der Waals surface area contributed by atoms with Crippen LogP contribution in [0.1, 0.15) is 27.5 Å². The van der Waals surface area contributed by atoms with E-state index in [1.807, 2.05) is 60.7 Å². The Labute approximate surface area is 177 Å². The lowest BCUT2D eigenvalue weighted by Crippen LogP contribution is -2.45. The van der Waals surface area contributed by atoms with Crippen molar-refractivity contribution < 1.29 is 4.79 Å². The summed E-state index contributed by atoms with van der Waals surface area (Å²) < 4.78 is 2.45. The molecule has 0 saturated carbocycles. The fourth-order valence-corrected chi connectivity index (χ4v) is 3.89. The van der Waals surface area contributed by atoms with Crippen LogP contribution in [0.15, 0.2) is 70.3 Å². The van der Waals surface area contributed by atoms with Gasteiger partial charge in [0.25, 0.3) is 11.5 Å². The first-order valence-corrected chi connectivity index (χ1v) is 10.2. The molecule has 2 N–H and O–H groups in total. The molecule has 2 aromatic carbocycles. The van der Waals surface area contributed by atoms with Crippen molar-refractivity contribution >= 4 is 23.3 Å². The van der Waals surface area contributed by atoms with Crippen LogP contribution in [0, 0.1) is 0 Å². The number of carbonyl (C=O) groups excluding carboxylic acids is 1. The van der Waals surface area contributed by atoms with Crippen molar-refractivity contribution in [3.63, 3.8) is 0 Å². The maximum Gasteiger partial charge on any atom is 0.332 e. The molecule has 30 heavy (non-hydrogen) atoms. The van der Waals surface area contributed by atoms with Crippen LogP contribution < -0.4 is 21.9 Å². The normalized spacial score (nSPS) is 12.5. The highest BCUT2D eigenvalue weighted by Crippen LogP contribution is 2.23. The van der Waals surface area contributed by atoms with Gasteiger partial charge in [-0.15, -0.1) is 11.6 Å². The second-order valence-corrected chi connectivity index (χ2v) is 7.34. The van der Waals surface area contributed by atoms with E-state index in [0.29, 0.717) is 13.1 Å². The molecule has 1 aromatic heterocycles. The molecule has 0 bridgehead atoms. The Morgan fingerprint density at radius 3 is 2.20 bits per heavy atom. The van der Waals surface area contributed by atoms with E-state index in [1.54, 1.807) is 0 Å². The zero-order valence-corrected chi connectivity index (χ0v) is 16.9. The summed E-state index contributed by atoms with van der Waals surface area (Å²) in [6.45, 7) is 0.902. The standard InChI is InChI=1S/C22H21ClN4O3/c23-11-13-27-21(29)17(19-24-12-14-26(19)22(27)30)20(28)25-18(15-7-3-1-4-8-15)16-9-5-2-6-10-16/h1-10,18,24H,11-14H2,(H,25,28). The molecule has 1 aliphatic rings. The predicted octanol–water partition coefficient (Wildman–Crippen LogP) is 2.19. The van der Waals surface area contributed by atoms with Gasteiger partial charge < -0.3 is 10.6 Å². The number of hydrogen-bond donors (Lipinski definition) is 2. The second-order valence-electron chi connectivity index (χ2n) is 6.96. The lowest BCUT2D eigenvalue weighted by Gasteiger charge is -2.21. The van der Waals surface area contributed by atoms with E-state index in [0.717, 1.165) is 15.7 Å². The van der Waals surface area contributed by atoms with Crippen LogP contribution in [0.5, 0.6) is 0 Å². The zero-order valence-electron chi connectivity index (χ0n) is 16.2. The van der Waals surface area contributed by atoms with Crippen molar-refractivity contribution in [2.75, 3.05) is 17.7 Å². The topological polar surface area (TPSA) is 85.1 Å². The highest BCUT2D eigenvalue weighted by molar-refractivity contribution is 6.17. The maximum atomic E-state index is 13.3. The van der Waals surface area contributed by atoms with Crippen molar-refractivity contribution in [1.82, 2.24) is 14.5 Å². The summed E-state index contributed by atoms with van der Waals surface area (Å²) in [6.07, 6.45) is 0. The number of halogens is 1. The van der Waals surface area contributed by atoms with Crippen LogP contribution in [0.2, 0.25) is 0 Å². The number of nitrogens with zero attached hydrogens (tertiary/aromatic N) is 2. The van der Waals surface area contributed by atoms with Crippen LogP contribution >= 0.6 is 11.6 Å². The number of fused-ring (bicyclic) bond motifs is 1. The molecule has 7 nitrogen and oxygen atoms in total. The Hall–Kier alpha value is -3.32. The third kappa shape index (κ3) is 3.64. The van der Waals surface area contributed by atoms with Crippen molar-refractivity contribution in [3.8, 4) is 0 Å². The number of carbonyl (C=O) groups is 1. The van der Waals surface area contributed by atoms with Gasteiger partial charge in [-0.1, -0.05) is 60.7 Å². The van der Waals surface area contributed by atoms with Crippen LogP contribution in [0.4, 0.5) is 5.82 Å². The van der Waals surface area contributed by atoms with Crippen LogP contribution in [-0.2, 0) is 13.1 Å². The fraction of sp³-hybridized carbons (Fsp3) is 0.227. The molecular weight excluding hydrogens is 404 g/mol. The smallest absolute Gasteiger partial charge is 0.332 e. The molecule has 0 radical (unpaired) electrons. The Morgan fingerprint density at radius 2 is 1.63 bits per heavy atom. The molecule has 0 saturated heterocycles. The molecule has 0 aliphatic carbocycles. The minimum absolute atomic E-state index is 0.0422. The average molecular weight is 425 g/mol. The Bertz CT molecular complexity index is 1130. The third-order valence-corrected chi connectivity index (χ3v) is 5.30. The quantitative estimate of drug-likeness (QED) is 0.594. The summed E-state index contributed by atoms with van der Waals surface area (Å²) in [4.78, 5) is 39.0. The summed E-state index contributed by atoms with van der Waals surface area (Å²) in [7, 11) is 0. The molecule has 0 fully saturated rings. The van der Waals surface area contributed by atoms with Gasteiger partial charge in [-0.2, -0.15) is 0 Å². The van der Waals surface area contributed by atoms with Crippen LogP contribution in [0.25, 0.3) is 0 Å². The number of aromatic nitrogens is 2. The number of benzene rings is 2. The van der Waals surface area contributed by atoms with E-state index in [9.17, 15) is 14.4 Å². The molecule has 8 heteroatoms. The summed E-state index contributed by atoms with van der Waals surface area (Å²) >= 11 is 5.78. The molecule has 4 rings (SSSR count). The lowest BCUT2D eigenvalue weighted by molar-refractivity contribution is 0.0941. The van der Waals surface area contributed by atoms with Crippen LogP contribution in [-0.4, -0.2) is 27.5 Å². The molecule has 154 valence electrons. The van der Waals surface area contributed by atoms with Crippen LogP contribution in [0.3, 0.4) is 0 Å². The highest BCUT2D eigenvalue weighted by Gasteiger charge is 2.28. The Morgan fingerprint density at radius 1 is 1.03 bits per heavy atom. The van der Waals surface area contributed by atoms with Gasteiger partial charge in [0.15, 0.2) is 0 Å². The number of rotatable bonds is 6. The third-order valence-electron chi connectivity index (χ3n) is 5.13. The minimum Gasteiger partial charge on any atom is -0.369 e. The predicted molar refractivity (Wildman–Crippen MR) is 116 cm³/mol. The lowest BCUT2D eigenvalue weighted by atomic mass is 9.98. The van der Waals surface area contributed by atoms with E-state index in [2.05, 4.69) is 10.6 Å². The van der Waals surface area contributed by atoms with E-state index in [4.69, 9.17) is 11.6 Å². The van der Waals surface area contributed by atoms with Gasteiger partial charge in [0.1, 0.15) is 11.4 Å². The Balaban J connectivity index is 1.79. The first-order chi connectivity index (χ1) is 14.6. The molecular formula is C22H21ClN4O3. The van der Waals surface area contributed by atoms with E-state index in [-0.39, 0.29) is 23.8 Å². The van der Waals surface area contributed by atoms with Gasteiger partial charge in [0, 0.05) is 25.5 Å². The van der Waals surface area contributed by atoms with Gasteiger partial charge in [0.05, 0.1) is 6.04 Å². The molecule has 1 amide bonds. The first kappa shape index (κ1) is 20.0. The van der Waals surface area contributed by atoms with Gasteiger partial charge in [-0.05, 0) is 11.1 Å². The second kappa shape index (κ2) is 8.59. The average Bonchev–Trinajstić information content (AvgIpc) is 3.26. The molecule has 0 atom stereocenters. The summed E-state index contributed by atoms with van der Waals surface area (Å²) in [5.41, 5.74) is 0.597. The SMILES string of the molecule is O=C(NC(c1ccccc1)c1ccccc1)c1c2n(c(=O)n(CCCl)c1=O)CCN2. The number of amides is 1. The van der Waals surface area contributed by atoms with E-state index < -0.39 is 23.2 Å². The molecule has 0 unspecified atom stereocenters. The Kier molecular flexibility index (Phi) is 5.72. The van der Waals surface area contributed by atoms with Crippen molar-refractivity contribution in [3.05, 3.63) is 98.2 Å². The highest BCUT2D eigenvalue weighted by atomic mass is 35.5. The molecule has 3 aromatic rings. The van der Waals surface area contributed by atoms with Gasteiger partial charge in [-0.3, -0.25) is 18.7 Å². The van der Waals surface area contributed by atoms with E-state index >= 15 is 0 Å². The number of nitrogens with one attached hydrogen (secondary N) is 2. The van der Waals surface area contributed by atoms with Gasteiger partial charge >= 0.3 is 5.69 Å². The summed E-state index contributed by atoms with van der Waals surface area (Å²) in [5, 5.41) is 5.99. The largest absolute Gasteiger partial charge is 0.369 e. The van der Waals surface area contributed by atoms with Crippen molar-refractivity contribution in [1.29, 1.82) is 0 Å². The van der Waals surface area contributed by atoms with Crippen molar-refractivity contribution in [2.45, 2.75) is 19.1 Å². The zero-order chi connectivity index (χ0) is 21.1. The molecule has 2 heterocycles. The fourth-order valence-electron chi connectivity index (χ4n) is 3.72. The number of hydrogen-bond acceptors (Lipinski definition) is 4. The van der Waals surface area contributed by atoms with Crippen molar-refractivity contribution in [2.24, 2.45) is 0 Å². The van der Waals surface area contributed by atoms with Gasteiger partial charge in [0.2, 0.25) is 0 Å². The first-order valence-electron chi connectivity index (χ1n) is 9.70. The number of alkyl halides is 1. The van der Waals surface area contributed by atoms with E-state index in [1.165, 1.54) is 4.57 Å². The molecule has 1 aliphatic heterocycles. The minimum atomic E-state index is -0.640. The summed E-state index contributed by atoms with van der Waals surface area (Å²) in [6, 6.07) is 18.6. The number of anilines is 1. The molecule has 0 spiro atoms. The monoisotopic (exact) mass is 424 g/mol. The maximum absolute atomic E-state index is 13.3. The van der Waals surface area contributed by atoms with Gasteiger partial charge in [-0.25, -0.2) is 4.79 Å². The summed E-state index contributed by atoms with van der Waals surface area (Å²) in [5.74, 6) is -0.188.